The predicted octanol–water partition coefficient (Wildman–Crippen LogP) is 5.28. The molecule has 1 atom stereocenters. The Morgan fingerprint density at radius 1 is 0.970 bits per heavy atom. The number of unbranched alkanes of at least 4 members (excludes halogenated alkanes) is 2. The van der Waals surface area contributed by atoms with Crippen LogP contribution in [-0.4, -0.2) is 28.4 Å². The van der Waals surface area contributed by atoms with Gasteiger partial charge in [0.25, 0.3) is 11.7 Å². The van der Waals surface area contributed by atoms with Crippen LogP contribution in [0.4, 0.5) is 5.69 Å². The van der Waals surface area contributed by atoms with Gasteiger partial charge in [0.05, 0.1) is 17.9 Å². The Labute approximate surface area is 193 Å². The average Bonchev–Trinajstić information content (AvgIpc) is 3.13. The first-order valence-electron chi connectivity index (χ1n) is 11.1. The van der Waals surface area contributed by atoms with E-state index in [2.05, 4.69) is 11.9 Å². The Morgan fingerprint density at radius 3 is 2.36 bits per heavy atom. The van der Waals surface area contributed by atoms with E-state index in [0.717, 1.165) is 19.3 Å². The molecule has 168 valence electrons. The lowest BCUT2D eigenvalue weighted by molar-refractivity contribution is -0.132. The topological polar surface area (TPSA) is 79.7 Å². The molecule has 6 nitrogen and oxygen atoms in total. The van der Waals surface area contributed by atoms with E-state index in [4.69, 9.17) is 4.74 Å². The molecule has 0 radical (unpaired) electrons. The lowest BCUT2D eigenvalue weighted by Gasteiger charge is -2.24. The molecule has 1 unspecified atom stereocenters. The summed E-state index contributed by atoms with van der Waals surface area (Å²) in [5, 5.41) is 11.2. The second-order valence-corrected chi connectivity index (χ2v) is 7.84. The summed E-state index contributed by atoms with van der Waals surface area (Å²) >= 11 is 0. The molecule has 1 amide bonds. The zero-order chi connectivity index (χ0) is 23.2. The Kier molecular flexibility index (Phi) is 6.83. The number of ketones is 1. The summed E-state index contributed by atoms with van der Waals surface area (Å²) in [6.45, 7) is 2.76. The lowest BCUT2D eigenvalue weighted by Crippen LogP contribution is -2.29. The number of nitrogens with zero attached hydrogens (tertiary/aromatic N) is 2. The molecule has 1 saturated heterocycles. The molecule has 1 aliphatic rings. The maximum absolute atomic E-state index is 13.1. The van der Waals surface area contributed by atoms with Crippen molar-refractivity contribution in [3.8, 4) is 5.75 Å². The Bertz CT molecular complexity index is 1140. The summed E-state index contributed by atoms with van der Waals surface area (Å²) in [4.78, 5) is 31.9. The Morgan fingerprint density at radius 2 is 1.70 bits per heavy atom. The average molecular weight is 443 g/mol. The van der Waals surface area contributed by atoms with Gasteiger partial charge in [-0.1, -0.05) is 44.0 Å². The second-order valence-electron chi connectivity index (χ2n) is 7.84. The van der Waals surface area contributed by atoms with E-state index in [0.29, 0.717) is 29.3 Å². The van der Waals surface area contributed by atoms with E-state index in [1.807, 2.05) is 6.07 Å². The molecule has 0 aliphatic carbocycles. The highest BCUT2D eigenvalue weighted by Gasteiger charge is 2.47. The van der Waals surface area contributed by atoms with Crippen molar-refractivity contribution in [3.05, 3.63) is 95.8 Å². The molecule has 1 N–H and O–H groups in total. The number of benzene rings is 2. The minimum absolute atomic E-state index is 0.0131. The fourth-order valence-corrected chi connectivity index (χ4v) is 3.91. The predicted molar refractivity (Wildman–Crippen MR) is 127 cm³/mol. The number of carbonyl (C=O) groups excluding carboxylic acids is 2. The van der Waals surface area contributed by atoms with E-state index in [1.54, 1.807) is 72.9 Å². The van der Waals surface area contributed by atoms with Gasteiger partial charge in [-0.15, -0.1) is 0 Å². The molecule has 2 aromatic carbocycles. The molecular weight excluding hydrogens is 416 g/mol. The molecule has 33 heavy (non-hydrogen) atoms. The fourth-order valence-electron chi connectivity index (χ4n) is 3.91. The Balaban J connectivity index is 1.72. The summed E-state index contributed by atoms with van der Waals surface area (Å²) in [6.07, 6.45) is 4.80. The van der Waals surface area contributed by atoms with Crippen LogP contribution in [-0.2, 0) is 9.59 Å². The van der Waals surface area contributed by atoms with Crippen LogP contribution in [0.3, 0.4) is 0 Å². The summed E-state index contributed by atoms with van der Waals surface area (Å²) in [5.41, 5.74) is 1.50. The van der Waals surface area contributed by atoms with Crippen LogP contribution in [0.15, 0.2) is 84.6 Å². The van der Waals surface area contributed by atoms with Gasteiger partial charge in [-0.2, -0.15) is 0 Å². The van der Waals surface area contributed by atoms with Crippen molar-refractivity contribution in [1.29, 1.82) is 0 Å². The first kappa shape index (κ1) is 22.3. The number of para-hydroxylation sites is 1. The number of anilines is 1. The van der Waals surface area contributed by atoms with E-state index in [9.17, 15) is 14.7 Å². The van der Waals surface area contributed by atoms with Gasteiger partial charge in [0.1, 0.15) is 17.6 Å². The quantitative estimate of drug-likeness (QED) is 0.222. The SMILES string of the molecule is CCCCCOc1ccc(/C(O)=C2/C(=O)C(=O)N(c3ccccc3)C2c2ccccn2)cc1. The van der Waals surface area contributed by atoms with Gasteiger partial charge >= 0.3 is 0 Å². The van der Waals surface area contributed by atoms with Crippen LogP contribution < -0.4 is 9.64 Å². The van der Waals surface area contributed by atoms with Crippen molar-refractivity contribution in [2.75, 3.05) is 11.5 Å². The molecule has 6 heteroatoms. The molecule has 3 aromatic rings. The van der Waals surface area contributed by atoms with Crippen molar-refractivity contribution in [3.63, 3.8) is 0 Å². The molecule has 0 saturated carbocycles. The maximum atomic E-state index is 13.1. The molecule has 0 bridgehead atoms. The zero-order valence-corrected chi connectivity index (χ0v) is 18.5. The molecule has 0 spiro atoms. The van der Waals surface area contributed by atoms with Crippen molar-refractivity contribution in [2.24, 2.45) is 0 Å². The number of rotatable bonds is 8. The number of aliphatic hydroxyl groups excluding tert-OH is 1. The minimum Gasteiger partial charge on any atom is -0.507 e. The summed E-state index contributed by atoms with van der Waals surface area (Å²) in [7, 11) is 0. The van der Waals surface area contributed by atoms with E-state index >= 15 is 0 Å². The van der Waals surface area contributed by atoms with E-state index in [-0.39, 0.29) is 11.3 Å². The highest BCUT2D eigenvalue weighted by Crippen LogP contribution is 2.41. The van der Waals surface area contributed by atoms with Crippen LogP contribution in [0.5, 0.6) is 5.75 Å². The number of hydrogen-bond acceptors (Lipinski definition) is 5. The van der Waals surface area contributed by atoms with Gasteiger partial charge in [-0.05, 0) is 55.0 Å². The molecule has 2 heterocycles. The second kappa shape index (κ2) is 10.1. The van der Waals surface area contributed by atoms with Gasteiger partial charge in [0.15, 0.2) is 0 Å². The zero-order valence-electron chi connectivity index (χ0n) is 18.5. The largest absolute Gasteiger partial charge is 0.507 e. The molecule has 1 aromatic heterocycles. The number of aromatic nitrogens is 1. The van der Waals surface area contributed by atoms with Crippen LogP contribution in [0.2, 0.25) is 0 Å². The minimum atomic E-state index is -0.835. The Hall–Kier alpha value is -3.93. The number of hydrogen-bond donors (Lipinski definition) is 1. The number of ether oxygens (including phenoxy) is 1. The highest BCUT2D eigenvalue weighted by atomic mass is 16.5. The summed E-state index contributed by atoms with van der Waals surface area (Å²) in [6, 6.07) is 20.3. The highest BCUT2D eigenvalue weighted by molar-refractivity contribution is 6.51. The van der Waals surface area contributed by atoms with Crippen molar-refractivity contribution < 1.29 is 19.4 Å². The van der Waals surface area contributed by atoms with Gasteiger partial charge in [-0.3, -0.25) is 19.5 Å². The standard InChI is InChI=1S/C27H26N2O4/c1-2-3-9-18-33-21-15-13-19(14-16-21)25(30)23-24(22-12-7-8-17-28-22)29(27(32)26(23)31)20-10-5-4-6-11-20/h4-8,10-17,24,30H,2-3,9,18H2,1H3/b25-23-. The molecule has 4 rings (SSSR count). The van der Waals surface area contributed by atoms with Crippen LogP contribution >= 0.6 is 0 Å². The molecule has 1 fully saturated rings. The van der Waals surface area contributed by atoms with E-state index < -0.39 is 17.7 Å². The lowest BCUT2D eigenvalue weighted by atomic mass is 9.98. The number of aliphatic hydroxyl groups is 1. The number of carbonyl (C=O) groups is 2. The van der Waals surface area contributed by atoms with Gasteiger partial charge in [-0.25, -0.2) is 0 Å². The molecule has 1 aliphatic heterocycles. The fraction of sp³-hybridized carbons (Fsp3) is 0.222. The van der Waals surface area contributed by atoms with Crippen LogP contribution in [0.1, 0.15) is 43.5 Å². The number of pyridine rings is 1. The maximum Gasteiger partial charge on any atom is 0.300 e. The summed E-state index contributed by atoms with van der Waals surface area (Å²) in [5.74, 6) is -0.991. The van der Waals surface area contributed by atoms with Gasteiger partial charge in [0.2, 0.25) is 0 Å². The third kappa shape index (κ3) is 4.65. The van der Waals surface area contributed by atoms with Gasteiger partial charge < -0.3 is 9.84 Å². The number of Topliss-reactive ketones (excluding diaryl/α,β-unsaturated/α-hetero) is 1. The smallest absolute Gasteiger partial charge is 0.300 e. The van der Waals surface area contributed by atoms with Crippen LogP contribution in [0, 0.1) is 0 Å². The van der Waals surface area contributed by atoms with Crippen molar-refractivity contribution in [1.82, 2.24) is 4.98 Å². The number of amides is 1. The molecular formula is C27H26N2O4. The monoisotopic (exact) mass is 442 g/mol. The van der Waals surface area contributed by atoms with E-state index in [1.165, 1.54) is 4.90 Å². The summed E-state index contributed by atoms with van der Waals surface area (Å²) < 4.78 is 5.73. The van der Waals surface area contributed by atoms with Crippen LogP contribution in [0.25, 0.3) is 5.76 Å². The first-order chi connectivity index (χ1) is 16.1. The van der Waals surface area contributed by atoms with Crippen molar-refractivity contribution >= 4 is 23.1 Å². The third-order valence-corrected chi connectivity index (χ3v) is 5.59. The third-order valence-electron chi connectivity index (χ3n) is 5.59. The van der Waals surface area contributed by atoms with Gasteiger partial charge in [0, 0.05) is 17.4 Å². The first-order valence-corrected chi connectivity index (χ1v) is 11.1. The van der Waals surface area contributed by atoms with Crippen molar-refractivity contribution in [2.45, 2.75) is 32.2 Å². The normalized spacial score (nSPS) is 17.4.